The van der Waals surface area contributed by atoms with Crippen LogP contribution in [0.2, 0.25) is 5.15 Å². The van der Waals surface area contributed by atoms with E-state index in [-0.39, 0.29) is 10.7 Å². The smallest absolute Gasteiger partial charge is 0.269 e. The zero-order valence-corrected chi connectivity index (χ0v) is 11.0. The Kier molecular flexibility index (Phi) is 4.00. The molecular formula is C10H12BrClN2O2. The van der Waals surface area contributed by atoms with Gasteiger partial charge in [0, 0.05) is 19.8 Å². The highest BCUT2D eigenvalue weighted by Crippen LogP contribution is 2.18. The second-order valence-corrected chi connectivity index (χ2v) is 5.01. The molecule has 88 valence electrons. The van der Waals surface area contributed by atoms with E-state index in [9.17, 15) is 4.79 Å². The van der Waals surface area contributed by atoms with Gasteiger partial charge in [0.15, 0.2) is 5.15 Å². The fraction of sp³-hybridized carbons (Fsp3) is 0.600. The highest BCUT2D eigenvalue weighted by atomic mass is 79.9. The van der Waals surface area contributed by atoms with Crippen molar-refractivity contribution in [1.82, 2.24) is 9.55 Å². The van der Waals surface area contributed by atoms with Crippen LogP contribution >= 0.6 is 27.5 Å². The van der Waals surface area contributed by atoms with Crippen molar-refractivity contribution in [3.05, 3.63) is 26.3 Å². The monoisotopic (exact) mass is 306 g/mol. The summed E-state index contributed by atoms with van der Waals surface area (Å²) in [4.78, 5) is 15.8. The molecule has 1 aliphatic heterocycles. The Hall–Kier alpha value is -0.390. The van der Waals surface area contributed by atoms with Crippen molar-refractivity contribution in [2.45, 2.75) is 19.4 Å². The normalized spacial score (nSPS) is 17.6. The summed E-state index contributed by atoms with van der Waals surface area (Å²) in [5, 5.41) is 0.216. The van der Waals surface area contributed by atoms with Gasteiger partial charge in [-0.15, -0.1) is 0 Å². The molecule has 1 aromatic rings. The predicted molar refractivity (Wildman–Crippen MR) is 64.8 cm³/mol. The molecule has 16 heavy (non-hydrogen) atoms. The first-order valence-electron chi connectivity index (χ1n) is 5.16. The van der Waals surface area contributed by atoms with Crippen LogP contribution in [0.1, 0.15) is 12.8 Å². The predicted octanol–water partition coefficient (Wildman–Crippen LogP) is 2.09. The summed E-state index contributed by atoms with van der Waals surface area (Å²) < 4.78 is 7.22. The quantitative estimate of drug-likeness (QED) is 0.786. The summed E-state index contributed by atoms with van der Waals surface area (Å²) in [5.74, 6) is 0.487. The molecule has 2 heterocycles. The van der Waals surface area contributed by atoms with Crippen molar-refractivity contribution >= 4 is 27.5 Å². The fourth-order valence-corrected chi connectivity index (χ4v) is 2.24. The Balaban J connectivity index is 2.15. The number of hydrogen-bond donors (Lipinski definition) is 0. The van der Waals surface area contributed by atoms with Gasteiger partial charge >= 0.3 is 0 Å². The number of hydrogen-bond acceptors (Lipinski definition) is 3. The van der Waals surface area contributed by atoms with Gasteiger partial charge < -0.3 is 4.74 Å². The number of halogens is 2. The summed E-state index contributed by atoms with van der Waals surface area (Å²) in [5.41, 5.74) is -0.119. The standard InChI is InChI=1S/C10H12BrClN2O2/c11-8-9(12)13-6-14(10(8)15)5-7-1-3-16-4-2-7/h6-7H,1-5H2. The first kappa shape index (κ1) is 12.1. The molecule has 6 heteroatoms. The highest BCUT2D eigenvalue weighted by molar-refractivity contribution is 9.10. The van der Waals surface area contributed by atoms with Gasteiger partial charge in [-0.25, -0.2) is 4.98 Å². The van der Waals surface area contributed by atoms with E-state index in [1.54, 1.807) is 4.57 Å². The molecule has 0 amide bonds. The average Bonchev–Trinajstić information content (AvgIpc) is 2.31. The van der Waals surface area contributed by atoms with E-state index in [4.69, 9.17) is 16.3 Å². The van der Waals surface area contributed by atoms with Gasteiger partial charge in [-0.2, -0.15) is 0 Å². The summed E-state index contributed by atoms with van der Waals surface area (Å²) in [6.45, 7) is 2.24. The van der Waals surface area contributed by atoms with E-state index in [2.05, 4.69) is 20.9 Å². The molecule has 1 aromatic heterocycles. The Morgan fingerprint density at radius 3 is 2.94 bits per heavy atom. The lowest BCUT2D eigenvalue weighted by atomic mass is 10.0. The molecule has 0 radical (unpaired) electrons. The first-order chi connectivity index (χ1) is 7.68. The summed E-state index contributed by atoms with van der Waals surface area (Å²) >= 11 is 8.88. The number of rotatable bonds is 2. The zero-order chi connectivity index (χ0) is 11.5. The molecule has 0 N–H and O–H groups in total. The van der Waals surface area contributed by atoms with Crippen molar-refractivity contribution in [3.8, 4) is 0 Å². The van der Waals surface area contributed by atoms with Crippen LogP contribution in [0, 0.1) is 5.92 Å². The van der Waals surface area contributed by atoms with E-state index in [1.807, 2.05) is 0 Å². The summed E-state index contributed by atoms with van der Waals surface area (Å²) in [7, 11) is 0. The Morgan fingerprint density at radius 1 is 1.56 bits per heavy atom. The van der Waals surface area contributed by atoms with Crippen molar-refractivity contribution < 1.29 is 4.74 Å². The minimum atomic E-state index is -0.119. The maximum absolute atomic E-state index is 11.8. The lowest BCUT2D eigenvalue weighted by Gasteiger charge is -2.22. The summed E-state index contributed by atoms with van der Waals surface area (Å²) in [6.07, 6.45) is 3.49. The van der Waals surface area contributed by atoms with Crippen molar-refractivity contribution in [3.63, 3.8) is 0 Å². The maximum Gasteiger partial charge on any atom is 0.269 e. The lowest BCUT2D eigenvalue weighted by molar-refractivity contribution is 0.0608. The second kappa shape index (κ2) is 5.29. The van der Waals surface area contributed by atoms with E-state index in [1.165, 1.54) is 6.33 Å². The molecule has 0 spiro atoms. The van der Waals surface area contributed by atoms with Gasteiger partial charge in [0.1, 0.15) is 4.47 Å². The number of aromatic nitrogens is 2. The van der Waals surface area contributed by atoms with E-state index in [0.717, 1.165) is 26.1 Å². The van der Waals surface area contributed by atoms with Crippen LogP contribution in [-0.4, -0.2) is 22.8 Å². The molecular weight excluding hydrogens is 295 g/mol. The largest absolute Gasteiger partial charge is 0.381 e. The minimum Gasteiger partial charge on any atom is -0.381 e. The molecule has 0 aromatic carbocycles. The van der Waals surface area contributed by atoms with Crippen LogP contribution in [-0.2, 0) is 11.3 Å². The van der Waals surface area contributed by atoms with E-state index in [0.29, 0.717) is 16.9 Å². The van der Waals surface area contributed by atoms with Crippen LogP contribution < -0.4 is 5.56 Å². The lowest BCUT2D eigenvalue weighted by Crippen LogP contribution is -2.28. The molecule has 1 aliphatic rings. The summed E-state index contributed by atoms with van der Waals surface area (Å²) in [6, 6.07) is 0. The van der Waals surface area contributed by atoms with Crippen molar-refractivity contribution in [2.75, 3.05) is 13.2 Å². The van der Waals surface area contributed by atoms with Crippen molar-refractivity contribution in [1.29, 1.82) is 0 Å². The van der Waals surface area contributed by atoms with Crippen molar-refractivity contribution in [2.24, 2.45) is 5.92 Å². The number of ether oxygens (including phenoxy) is 1. The fourth-order valence-electron chi connectivity index (χ4n) is 1.78. The molecule has 1 saturated heterocycles. The first-order valence-corrected chi connectivity index (χ1v) is 6.33. The van der Waals surface area contributed by atoms with Gasteiger partial charge in [-0.1, -0.05) is 11.6 Å². The number of nitrogens with zero attached hydrogens (tertiary/aromatic N) is 2. The van der Waals surface area contributed by atoms with Crippen LogP contribution in [0.15, 0.2) is 15.6 Å². The third kappa shape index (κ3) is 2.64. The molecule has 0 atom stereocenters. The molecule has 2 rings (SSSR count). The molecule has 0 saturated carbocycles. The van der Waals surface area contributed by atoms with Crippen LogP contribution in [0.5, 0.6) is 0 Å². The van der Waals surface area contributed by atoms with Gasteiger partial charge in [-0.05, 0) is 34.7 Å². The van der Waals surface area contributed by atoms with Crippen LogP contribution in [0.4, 0.5) is 0 Å². The Bertz CT molecular complexity index is 429. The second-order valence-electron chi connectivity index (χ2n) is 3.86. The Labute approximate surface area is 107 Å². The molecule has 0 bridgehead atoms. The van der Waals surface area contributed by atoms with Gasteiger partial charge in [-0.3, -0.25) is 9.36 Å². The third-order valence-corrected chi connectivity index (χ3v) is 3.97. The molecule has 0 aliphatic carbocycles. The minimum absolute atomic E-state index is 0.119. The van der Waals surface area contributed by atoms with Crippen LogP contribution in [0.3, 0.4) is 0 Å². The van der Waals surface area contributed by atoms with Gasteiger partial charge in [0.25, 0.3) is 5.56 Å². The van der Waals surface area contributed by atoms with Gasteiger partial charge in [0.05, 0.1) is 6.33 Å². The molecule has 0 unspecified atom stereocenters. The molecule has 1 fully saturated rings. The van der Waals surface area contributed by atoms with Crippen LogP contribution in [0.25, 0.3) is 0 Å². The topological polar surface area (TPSA) is 44.1 Å². The third-order valence-electron chi connectivity index (χ3n) is 2.74. The molecule has 4 nitrogen and oxygen atoms in total. The maximum atomic E-state index is 11.8. The zero-order valence-electron chi connectivity index (χ0n) is 8.66. The van der Waals surface area contributed by atoms with E-state index < -0.39 is 0 Å². The SMILES string of the molecule is O=c1c(Br)c(Cl)ncn1CC1CCOCC1. The highest BCUT2D eigenvalue weighted by Gasteiger charge is 2.16. The average molecular weight is 308 g/mol. The van der Waals surface area contributed by atoms with Gasteiger partial charge in [0.2, 0.25) is 0 Å². The Morgan fingerprint density at radius 2 is 2.25 bits per heavy atom. The van der Waals surface area contributed by atoms with E-state index >= 15 is 0 Å².